The lowest BCUT2D eigenvalue weighted by atomic mass is 9.92. The minimum absolute atomic E-state index is 0.166. The highest BCUT2D eigenvalue weighted by atomic mass is 35.5. The third-order valence-corrected chi connectivity index (χ3v) is 7.52. The first kappa shape index (κ1) is 26.1. The van der Waals surface area contributed by atoms with E-state index in [1.165, 1.54) is 11.3 Å². The molecule has 2 amide bonds. The van der Waals surface area contributed by atoms with Gasteiger partial charge in [0, 0.05) is 37.4 Å². The van der Waals surface area contributed by atoms with Gasteiger partial charge in [-0.2, -0.15) is 0 Å². The van der Waals surface area contributed by atoms with Crippen LogP contribution in [0, 0.1) is 12.8 Å². The van der Waals surface area contributed by atoms with Crippen molar-refractivity contribution in [3.63, 3.8) is 0 Å². The monoisotopic (exact) mass is 526 g/mol. The Morgan fingerprint density at radius 3 is 2.69 bits per heavy atom. The summed E-state index contributed by atoms with van der Waals surface area (Å²) in [6.07, 6.45) is 3.99. The van der Waals surface area contributed by atoms with E-state index in [4.69, 9.17) is 16.3 Å². The van der Waals surface area contributed by atoms with Crippen LogP contribution in [0.25, 0.3) is 0 Å². The zero-order valence-electron chi connectivity index (χ0n) is 20.3. The molecule has 3 N–H and O–H groups in total. The summed E-state index contributed by atoms with van der Waals surface area (Å²) in [6, 6.07) is 14.7. The number of thiophene rings is 1. The maximum absolute atomic E-state index is 13.1. The molecule has 3 aromatic rings. The fourth-order valence-corrected chi connectivity index (χ4v) is 5.16. The van der Waals surface area contributed by atoms with Crippen LogP contribution in [0.5, 0.6) is 0 Å². The van der Waals surface area contributed by atoms with Gasteiger partial charge in [-0.1, -0.05) is 41.9 Å². The van der Waals surface area contributed by atoms with Crippen molar-refractivity contribution in [1.82, 2.24) is 15.6 Å². The van der Waals surface area contributed by atoms with Crippen LogP contribution < -0.4 is 16.0 Å². The second kappa shape index (κ2) is 12.9. The third kappa shape index (κ3) is 7.53. The van der Waals surface area contributed by atoms with Gasteiger partial charge in [-0.05, 0) is 55.9 Å². The lowest BCUT2D eigenvalue weighted by Crippen LogP contribution is -2.47. The quantitative estimate of drug-likeness (QED) is 0.347. The molecule has 1 aromatic carbocycles. The summed E-state index contributed by atoms with van der Waals surface area (Å²) in [6.45, 7) is 4.27. The zero-order valence-corrected chi connectivity index (χ0v) is 21.8. The van der Waals surface area contributed by atoms with Crippen molar-refractivity contribution < 1.29 is 14.3 Å². The van der Waals surface area contributed by atoms with Crippen molar-refractivity contribution in [1.29, 1.82) is 0 Å². The predicted molar refractivity (Wildman–Crippen MR) is 143 cm³/mol. The van der Waals surface area contributed by atoms with E-state index in [9.17, 15) is 9.59 Å². The number of halogens is 1. The fourth-order valence-electron chi connectivity index (χ4n) is 4.15. The molecule has 1 fully saturated rings. The van der Waals surface area contributed by atoms with Crippen LogP contribution >= 0.6 is 22.9 Å². The summed E-state index contributed by atoms with van der Waals surface area (Å²) in [7, 11) is 0. The van der Waals surface area contributed by atoms with Gasteiger partial charge in [0.15, 0.2) is 0 Å². The molecule has 9 heteroatoms. The first-order valence-corrected chi connectivity index (χ1v) is 13.3. The number of pyridine rings is 1. The van der Waals surface area contributed by atoms with Gasteiger partial charge in [-0.3, -0.25) is 14.6 Å². The maximum Gasteiger partial charge on any atom is 0.262 e. The highest BCUT2D eigenvalue weighted by Gasteiger charge is 2.27. The number of benzene rings is 1. The van der Waals surface area contributed by atoms with Crippen molar-refractivity contribution in [3.8, 4) is 0 Å². The molecular formula is C27H31ClN4O3S. The van der Waals surface area contributed by atoms with E-state index >= 15 is 0 Å². The molecule has 2 aromatic heterocycles. The van der Waals surface area contributed by atoms with Crippen molar-refractivity contribution in [2.24, 2.45) is 5.92 Å². The number of amides is 2. The van der Waals surface area contributed by atoms with Crippen molar-refractivity contribution >= 4 is 40.4 Å². The first-order valence-electron chi connectivity index (χ1n) is 12.1. The van der Waals surface area contributed by atoms with E-state index in [-0.39, 0.29) is 11.8 Å². The molecule has 0 aliphatic carbocycles. The summed E-state index contributed by atoms with van der Waals surface area (Å²) in [5, 5.41) is 9.87. The Labute approximate surface area is 220 Å². The Morgan fingerprint density at radius 2 is 1.92 bits per heavy atom. The van der Waals surface area contributed by atoms with Gasteiger partial charge in [0.1, 0.15) is 6.04 Å². The van der Waals surface area contributed by atoms with Crippen LogP contribution in [0.2, 0.25) is 5.02 Å². The topological polar surface area (TPSA) is 92.3 Å². The number of carbonyl (C=O) groups is 2. The van der Waals surface area contributed by atoms with Crippen molar-refractivity contribution in [3.05, 3.63) is 80.8 Å². The highest BCUT2D eigenvalue weighted by Crippen LogP contribution is 2.23. The number of rotatable bonds is 10. The normalized spacial score (nSPS) is 14.7. The van der Waals surface area contributed by atoms with E-state index in [1.54, 1.807) is 12.3 Å². The molecule has 1 atom stereocenters. The average molecular weight is 527 g/mol. The Kier molecular flexibility index (Phi) is 9.33. The summed E-state index contributed by atoms with van der Waals surface area (Å²) >= 11 is 7.45. The lowest BCUT2D eigenvalue weighted by Gasteiger charge is -2.26. The van der Waals surface area contributed by atoms with Gasteiger partial charge in [0.2, 0.25) is 5.91 Å². The summed E-state index contributed by atoms with van der Waals surface area (Å²) in [5.41, 5.74) is 2.72. The number of carbonyl (C=O) groups excluding carboxylic acids is 2. The summed E-state index contributed by atoms with van der Waals surface area (Å²) in [4.78, 5) is 32.0. The number of ether oxygens (including phenoxy) is 1. The molecule has 0 saturated carbocycles. The number of nitrogens with zero attached hydrogens (tertiary/aromatic N) is 1. The molecule has 0 spiro atoms. The molecule has 0 radical (unpaired) electrons. The minimum atomic E-state index is -0.604. The van der Waals surface area contributed by atoms with Crippen LogP contribution in [0.15, 0.2) is 54.7 Å². The number of hydrogen-bond acceptors (Lipinski definition) is 6. The molecule has 1 unspecified atom stereocenters. The molecule has 1 saturated heterocycles. The molecule has 4 rings (SSSR count). The zero-order chi connectivity index (χ0) is 25.3. The van der Waals surface area contributed by atoms with E-state index in [0.29, 0.717) is 48.5 Å². The van der Waals surface area contributed by atoms with Gasteiger partial charge in [0.25, 0.3) is 5.91 Å². The number of aryl methyl sites for hydroxylation is 1. The number of hydrogen-bond donors (Lipinski definition) is 3. The Hall–Kier alpha value is -2.94. The van der Waals surface area contributed by atoms with Gasteiger partial charge >= 0.3 is 0 Å². The van der Waals surface area contributed by atoms with Crippen molar-refractivity contribution in [2.75, 3.05) is 18.5 Å². The maximum atomic E-state index is 13.1. The second-order valence-corrected chi connectivity index (χ2v) is 10.5. The first-order chi connectivity index (χ1) is 17.5. The van der Waals surface area contributed by atoms with Gasteiger partial charge in [-0.15, -0.1) is 11.3 Å². The Morgan fingerprint density at radius 1 is 1.14 bits per heavy atom. The van der Waals surface area contributed by atoms with Crippen LogP contribution in [-0.4, -0.2) is 36.1 Å². The number of anilines is 1. The summed E-state index contributed by atoms with van der Waals surface area (Å²) in [5.74, 6) is -0.0657. The molecule has 7 nitrogen and oxygen atoms in total. The SMILES string of the molecule is Cc1ncc(Cl)cc1NCc1ccc(C(=O)NC(CC2CCOCC2)C(=O)NCc2ccccc2)s1. The van der Waals surface area contributed by atoms with Crippen LogP contribution in [0.4, 0.5) is 5.69 Å². The van der Waals surface area contributed by atoms with Crippen LogP contribution in [0.3, 0.4) is 0 Å². The fraction of sp³-hybridized carbons (Fsp3) is 0.370. The lowest BCUT2D eigenvalue weighted by molar-refractivity contribution is -0.123. The van der Waals surface area contributed by atoms with Crippen LogP contribution in [0.1, 0.15) is 45.1 Å². The van der Waals surface area contributed by atoms with Gasteiger partial charge < -0.3 is 20.7 Å². The molecule has 1 aliphatic rings. The van der Waals surface area contributed by atoms with Gasteiger partial charge in [-0.25, -0.2) is 0 Å². The van der Waals surface area contributed by atoms with E-state index in [2.05, 4.69) is 20.9 Å². The Balaban J connectivity index is 1.38. The smallest absolute Gasteiger partial charge is 0.262 e. The number of nitrogens with one attached hydrogen (secondary N) is 3. The standard InChI is InChI=1S/C27H31ClN4O3S/c1-18-23(14-21(28)16-29-18)30-17-22-7-8-25(36-22)27(34)32-24(13-19-9-11-35-12-10-19)26(33)31-15-20-5-3-2-4-6-20/h2-8,14,16,19,24,30H,9-13,15,17H2,1H3,(H,31,33)(H,32,34). The Bertz CT molecular complexity index is 1160. The van der Waals surface area contributed by atoms with Gasteiger partial charge in [0.05, 0.1) is 21.3 Å². The molecule has 0 bridgehead atoms. The highest BCUT2D eigenvalue weighted by molar-refractivity contribution is 7.14. The molecule has 1 aliphatic heterocycles. The molecule has 3 heterocycles. The molecular weight excluding hydrogens is 496 g/mol. The van der Waals surface area contributed by atoms with E-state index in [1.807, 2.05) is 49.4 Å². The average Bonchev–Trinajstić information content (AvgIpc) is 3.38. The van der Waals surface area contributed by atoms with Crippen LogP contribution in [-0.2, 0) is 22.6 Å². The minimum Gasteiger partial charge on any atom is -0.381 e. The second-order valence-electron chi connectivity index (χ2n) is 8.93. The van der Waals surface area contributed by atoms with E-state index in [0.717, 1.165) is 34.7 Å². The largest absolute Gasteiger partial charge is 0.381 e. The van der Waals surface area contributed by atoms with Crippen molar-refractivity contribution in [2.45, 2.75) is 45.3 Å². The molecule has 36 heavy (non-hydrogen) atoms. The summed E-state index contributed by atoms with van der Waals surface area (Å²) < 4.78 is 5.47. The predicted octanol–water partition coefficient (Wildman–Crippen LogP) is 4.95. The van der Waals surface area contributed by atoms with E-state index < -0.39 is 6.04 Å². The molecule has 190 valence electrons. The number of aromatic nitrogens is 1. The third-order valence-electron chi connectivity index (χ3n) is 6.23.